The summed E-state index contributed by atoms with van der Waals surface area (Å²) in [6, 6.07) is 15.5. The lowest BCUT2D eigenvalue weighted by atomic mass is 10.0. The van der Waals surface area contributed by atoms with Crippen LogP contribution in [-0.2, 0) is 11.3 Å². The van der Waals surface area contributed by atoms with Gasteiger partial charge in [0.1, 0.15) is 11.4 Å². The fourth-order valence-corrected chi connectivity index (χ4v) is 4.27. The Labute approximate surface area is 201 Å². The largest absolute Gasteiger partial charge is 0.497 e. The number of rotatable bonds is 8. The Morgan fingerprint density at radius 2 is 1.91 bits per heavy atom. The molecule has 1 aromatic heterocycles. The Morgan fingerprint density at radius 3 is 2.62 bits per heavy atom. The van der Waals surface area contributed by atoms with Crippen LogP contribution in [0.25, 0.3) is 11.3 Å². The summed E-state index contributed by atoms with van der Waals surface area (Å²) in [5.74, 6) is 1.63. The lowest BCUT2D eigenvalue weighted by Crippen LogP contribution is -2.38. The summed E-state index contributed by atoms with van der Waals surface area (Å²) in [6.07, 6.45) is 0. The molecule has 0 radical (unpaired) electrons. The molecule has 7 nitrogen and oxygen atoms in total. The van der Waals surface area contributed by atoms with E-state index in [9.17, 15) is 4.79 Å². The molecule has 0 atom stereocenters. The predicted octanol–water partition coefficient (Wildman–Crippen LogP) is 4.79. The van der Waals surface area contributed by atoms with Crippen molar-refractivity contribution in [1.29, 1.82) is 0 Å². The van der Waals surface area contributed by atoms with Crippen LogP contribution in [0, 0.1) is 12.8 Å². The number of ether oxygens (including phenoxy) is 2. The number of aromatic nitrogens is 1. The van der Waals surface area contributed by atoms with E-state index in [0.29, 0.717) is 49.4 Å². The van der Waals surface area contributed by atoms with E-state index in [2.05, 4.69) is 43.0 Å². The van der Waals surface area contributed by atoms with Crippen molar-refractivity contribution >= 4 is 11.8 Å². The van der Waals surface area contributed by atoms with Gasteiger partial charge in [0.15, 0.2) is 0 Å². The third-order valence-electron chi connectivity index (χ3n) is 5.90. The van der Waals surface area contributed by atoms with Crippen molar-refractivity contribution in [3.8, 4) is 17.0 Å². The van der Waals surface area contributed by atoms with Crippen LogP contribution in [0.3, 0.4) is 0 Å². The second-order valence-corrected chi connectivity index (χ2v) is 9.10. The number of aryl methyl sites for hydroxylation is 1. The van der Waals surface area contributed by atoms with Gasteiger partial charge >= 0.3 is 0 Å². The quantitative estimate of drug-likeness (QED) is 0.478. The Kier molecular flexibility index (Phi) is 7.53. The maximum atomic E-state index is 13.6. The lowest BCUT2D eigenvalue weighted by Gasteiger charge is -2.29. The van der Waals surface area contributed by atoms with Gasteiger partial charge in [0, 0.05) is 30.8 Å². The van der Waals surface area contributed by atoms with E-state index in [1.54, 1.807) is 13.2 Å². The van der Waals surface area contributed by atoms with Crippen LogP contribution in [-0.4, -0.2) is 55.9 Å². The molecule has 2 heterocycles. The molecule has 1 aliphatic heterocycles. The maximum Gasteiger partial charge on any atom is 0.254 e. The van der Waals surface area contributed by atoms with Gasteiger partial charge in [0.25, 0.3) is 5.91 Å². The molecule has 1 fully saturated rings. The van der Waals surface area contributed by atoms with Gasteiger partial charge in [0.05, 0.1) is 32.4 Å². The van der Waals surface area contributed by atoms with Gasteiger partial charge in [-0.25, -0.2) is 0 Å². The van der Waals surface area contributed by atoms with Crippen LogP contribution in [0.4, 0.5) is 5.88 Å². The minimum atomic E-state index is -0.0445. The number of hydrogen-bond acceptors (Lipinski definition) is 6. The van der Waals surface area contributed by atoms with Crippen molar-refractivity contribution in [3.63, 3.8) is 0 Å². The Morgan fingerprint density at radius 1 is 1.15 bits per heavy atom. The van der Waals surface area contributed by atoms with Crippen molar-refractivity contribution < 1.29 is 18.8 Å². The first-order valence-electron chi connectivity index (χ1n) is 11.8. The zero-order valence-corrected chi connectivity index (χ0v) is 20.4. The number of carbonyl (C=O) groups is 1. The first kappa shape index (κ1) is 23.8. The van der Waals surface area contributed by atoms with E-state index in [1.165, 1.54) is 0 Å². The average Bonchev–Trinajstić information content (AvgIpc) is 3.27. The highest BCUT2D eigenvalue weighted by atomic mass is 16.5. The van der Waals surface area contributed by atoms with Crippen molar-refractivity contribution in [1.82, 2.24) is 10.1 Å². The fourth-order valence-electron chi connectivity index (χ4n) is 4.27. The summed E-state index contributed by atoms with van der Waals surface area (Å²) in [7, 11) is 1.61. The summed E-state index contributed by atoms with van der Waals surface area (Å²) in [5.41, 5.74) is 4.42. The number of nitrogens with zero attached hydrogens (tertiary/aromatic N) is 3. The zero-order valence-electron chi connectivity index (χ0n) is 20.4. The molecule has 180 valence electrons. The van der Waals surface area contributed by atoms with Crippen molar-refractivity contribution in [3.05, 3.63) is 65.2 Å². The molecule has 0 bridgehead atoms. The summed E-state index contributed by atoms with van der Waals surface area (Å²) >= 11 is 0. The number of methoxy groups -OCH3 is 1. The number of benzene rings is 2. The van der Waals surface area contributed by atoms with Crippen molar-refractivity contribution in [2.24, 2.45) is 5.92 Å². The highest BCUT2D eigenvalue weighted by molar-refractivity contribution is 5.94. The molecule has 0 aliphatic carbocycles. The third kappa shape index (κ3) is 5.42. The summed E-state index contributed by atoms with van der Waals surface area (Å²) < 4.78 is 16.8. The number of carbonyl (C=O) groups excluding carboxylic acids is 1. The average molecular weight is 464 g/mol. The van der Waals surface area contributed by atoms with Crippen molar-refractivity contribution in [2.45, 2.75) is 27.3 Å². The zero-order chi connectivity index (χ0) is 24.1. The smallest absolute Gasteiger partial charge is 0.254 e. The molecule has 4 rings (SSSR count). The monoisotopic (exact) mass is 463 g/mol. The summed E-state index contributed by atoms with van der Waals surface area (Å²) in [5, 5.41) is 4.48. The minimum absolute atomic E-state index is 0.0445. The van der Waals surface area contributed by atoms with Gasteiger partial charge in [-0.1, -0.05) is 48.8 Å². The highest BCUT2D eigenvalue weighted by Gasteiger charge is 2.28. The molecule has 1 aliphatic rings. The first-order chi connectivity index (χ1) is 16.5. The first-order valence-corrected chi connectivity index (χ1v) is 11.8. The highest BCUT2D eigenvalue weighted by Crippen LogP contribution is 2.34. The van der Waals surface area contributed by atoms with Gasteiger partial charge in [0.2, 0.25) is 5.88 Å². The Bertz CT molecular complexity index is 1120. The normalized spacial score (nSPS) is 13.9. The molecule has 1 saturated heterocycles. The molecule has 0 N–H and O–H groups in total. The van der Waals surface area contributed by atoms with E-state index >= 15 is 0 Å². The van der Waals surface area contributed by atoms with Crippen LogP contribution < -0.4 is 9.64 Å². The molecule has 34 heavy (non-hydrogen) atoms. The maximum absolute atomic E-state index is 13.6. The lowest BCUT2D eigenvalue weighted by molar-refractivity contribution is 0.0722. The summed E-state index contributed by atoms with van der Waals surface area (Å²) in [4.78, 5) is 17.7. The van der Waals surface area contributed by atoms with Crippen LogP contribution in [0.2, 0.25) is 0 Å². The van der Waals surface area contributed by atoms with Crippen LogP contribution in [0.15, 0.2) is 53.1 Å². The molecular weight excluding hydrogens is 430 g/mol. The summed E-state index contributed by atoms with van der Waals surface area (Å²) in [6.45, 7) is 10.0. The van der Waals surface area contributed by atoms with Crippen LogP contribution in [0.5, 0.6) is 5.75 Å². The molecule has 1 amide bonds. The number of hydrogen-bond donors (Lipinski definition) is 0. The van der Waals surface area contributed by atoms with Gasteiger partial charge in [-0.3, -0.25) is 4.79 Å². The molecule has 0 unspecified atom stereocenters. The van der Waals surface area contributed by atoms with E-state index < -0.39 is 0 Å². The SMILES string of the molecule is COc1cccc(C(=O)N(Cc2c(-c3cccc(C)c3)noc2N2CCOCC2)CC(C)C)c1. The van der Waals surface area contributed by atoms with E-state index in [1.807, 2.05) is 35.2 Å². The van der Waals surface area contributed by atoms with Gasteiger partial charge < -0.3 is 23.8 Å². The topological polar surface area (TPSA) is 68.0 Å². The number of morpholine rings is 1. The van der Waals surface area contributed by atoms with Crippen molar-refractivity contribution in [2.75, 3.05) is 44.9 Å². The molecule has 0 saturated carbocycles. The van der Waals surface area contributed by atoms with Crippen LogP contribution >= 0.6 is 0 Å². The molecular formula is C27H33N3O4. The van der Waals surface area contributed by atoms with E-state index in [-0.39, 0.29) is 5.91 Å². The molecule has 3 aromatic rings. The van der Waals surface area contributed by atoms with E-state index in [4.69, 9.17) is 14.0 Å². The van der Waals surface area contributed by atoms with Gasteiger partial charge in [-0.15, -0.1) is 0 Å². The van der Waals surface area contributed by atoms with E-state index in [0.717, 1.165) is 35.5 Å². The fraction of sp³-hybridized carbons (Fsp3) is 0.407. The molecule has 2 aromatic carbocycles. The van der Waals surface area contributed by atoms with Crippen LogP contribution in [0.1, 0.15) is 35.3 Å². The molecule has 0 spiro atoms. The third-order valence-corrected chi connectivity index (χ3v) is 5.90. The minimum Gasteiger partial charge on any atom is -0.497 e. The second-order valence-electron chi connectivity index (χ2n) is 9.10. The standard InChI is InChI=1S/C27H33N3O4/c1-19(2)17-30(26(31)22-9-6-10-23(16-22)32-4)18-24-25(21-8-5-7-20(3)15-21)28-34-27(24)29-11-13-33-14-12-29/h5-10,15-16,19H,11-14,17-18H2,1-4H3. The predicted molar refractivity (Wildman–Crippen MR) is 132 cm³/mol. The Hall–Kier alpha value is -3.32. The number of anilines is 1. The second kappa shape index (κ2) is 10.7. The van der Waals surface area contributed by atoms with Gasteiger partial charge in [-0.05, 0) is 37.1 Å². The Balaban J connectivity index is 1.74. The molecule has 7 heteroatoms. The van der Waals surface area contributed by atoms with Gasteiger partial charge in [-0.2, -0.15) is 0 Å². The number of amides is 1.